The molecule has 4 heterocycles. The molecule has 0 unspecified atom stereocenters. The Kier molecular flexibility index (Phi) is 6.06. The number of nitrogens with one attached hydrogen (secondary N) is 1. The average molecular weight is 492 g/mol. The zero-order valence-corrected chi connectivity index (χ0v) is 19.9. The number of ether oxygens (including phenoxy) is 1. The Labute approximate surface area is 206 Å². The molecule has 1 aliphatic heterocycles. The van der Waals surface area contributed by atoms with Crippen LogP contribution in [-0.2, 0) is 0 Å². The molecule has 3 aromatic heterocycles. The number of aromatic nitrogens is 4. The van der Waals surface area contributed by atoms with Crippen LogP contribution in [0.5, 0.6) is 5.75 Å². The molecule has 0 atom stereocenters. The molecule has 35 heavy (non-hydrogen) atoms. The minimum atomic E-state index is -0.383. The average Bonchev–Trinajstić information content (AvgIpc) is 3.29. The Bertz CT molecular complexity index is 1470. The summed E-state index contributed by atoms with van der Waals surface area (Å²) in [6, 6.07) is 8.85. The maximum Gasteiger partial charge on any atom is 0.279 e. The molecule has 0 aliphatic carbocycles. The smallest absolute Gasteiger partial charge is 0.279 e. The minimum absolute atomic E-state index is 0.0130. The van der Waals surface area contributed by atoms with E-state index in [4.69, 9.17) is 16.3 Å². The SMILES string of the molecule is COc1cc(C2=CCN(C)CC2)c([N+](=O)[O-])cc1Nc1ncc(Cl)c(-c2cnn3ccccc23)n1. The van der Waals surface area contributed by atoms with Crippen LogP contribution < -0.4 is 10.1 Å². The van der Waals surface area contributed by atoms with E-state index in [9.17, 15) is 10.1 Å². The molecule has 11 heteroatoms. The first-order valence-electron chi connectivity index (χ1n) is 10.9. The number of nitro benzene ring substituents is 1. The van der Waals surface area contributed by atoms with Gasteiger partial charge in [0.25, 0.3) is 5.69 Å². The lowest BCUT2D eigenvalue weighted by atomic mass is 9.97. The van der Waals surface area contributed by atoms with E-state index in [1.54, 1.807) is 16.8 Å². The first kappa shape index (κ1) is 22.8. The zero-order chi connectivity index (χ0) is 24.5. The summed E-state index contributed by atoms with van der Waals surface area (Å²) in [5.74, 6) is 0.667. The number of fused-ring (bicyclic) bond motifs is 1. The molecule has 0 amide bonds. The van der Waals surface area contributed by atoms with Gasteiger partial charge < -0.3 is 15.0 Å². The number of halogens is 1. The Morgan fingerprint density at radius 3 is 2.83 bits per heavy atom. The van der Waals surface area contributed by atoms with Crippen LogP contribution in [0.3, 0.4) is 0 Å². The molecule has 178 valence electrons. The number of anilines is 2. The molecule has 0 spiro atoms. The quantitative estimate of drug-likeness (QED) is 0.302. The van der Waals surface area contributed by atoms with Gasteiger partial charge in [0.1, 0.15) is 5.75 Å². The topological polar surface area (TPSA) is 111 Å². The van der Waals surface area contributed by atoms with Crippen LogP contribution in [0.1, 0.15) is 12.0 Å². The van der Waals surface area contributed by atoms with Crippen LogP contribution in [0, 0.1) is 10.1 Å². The molecule has 0 bridgehead atoms. The van der Waals surface area contributed by atoms with Gasteiger partial charge in [0.2, 0.25) is 5.95 Å². The van der Waals surface area contributed by atoms with Crippen molar-refractivity contribution in [1.82, 2.24) is 24.5 Å². The lowest BCUT2D eigenvalue weighted by Gasteiger charge is -2.22. The molecule has 1 aromatic carbocycles. The van der Waals surface area contributed by atoms with Crippen molar-refractivity contribution in [2.75, 3.05) is 32.6 Å². The van der Waals surface area contributed by atoms with E-state index in [1.165, 1.54) is 19.4 Å². The number of hydrogen-bond donors (Lipinski definition) is 1. The summed E-state index contributed by atoms with van der Waals surface area (Å²) in [7, 11) is 3.54. The molecule has 0 saturated carbocycles. The molecule has 4 aromatic rings. The summed E-state index contributed by atoms with van der Waals surface area (Å²) in [4.78, 5) is 22.6. The third kappa shape index (κ3) is 4.41. The molecular weight excluding hydrogens is 470 g/mol. The minimum Gasteiger partial charge on any atom is -0.495 e. The first-order chi connectivity index (χ1) is 16.9. The Hall–Kier alpha value is -4.02. The summed E-state index contributed by atoms with van der Waals surface area (Å²) in [5.41, 5.74) is 3.91. The van der Waals surface area contributed by atoms with Crippen molar-refractivity contribution in [2.45, 2.75) is 6.42 Å². The number of pyridine rings is 1. The summed E-state index contributed by atoms with van der Waals surface area (Å²) in [5, 5.41) is 19.7. The fraction of sp³-hybridized carbons (Fsp3) is 0.208. The molecule has 1 aliphatic rings. The molecular formula is C24H22ClN7O3. The number of hydrogen-bond acceptors (Lipinski definition) is 8. The third-order valence-corrected chi connectivity index (χ3v) is 6.22. The normalized spacial score (nSPS) is 14.1. The van der Waals surface area contributed by atoms with Gasteiger partial charge in [0.05, 0.1) is 51.9 Å². The second-order valence-electron chi connectivity index (χ2n) is 8.17. The van der Waals surface area contributed by atoms with Gasteiger partial charge in [0, 0.05) is 30.9 Å². The van der Waals surface area contributed by atoms with Crippen LogP contribution in [0.2, 0.25) is 5.02 Å². The fourth-order valence-corrected chi connectivity index (χ4v) is 4.31. The molecule has 10 nitrogen and oxygen atoms in total. The number of nitrogens with zero attached hydrogens (tertiary/aromatic N) is 6. The van der Waals surface area contributed by atoms with Crippen LogP contribution >= 0.6 is 11.6 Å². The highest BCUT2D eigenvalue weighted by atomic mass is 35.5. The molecule has 0 saturated heterocycles. The van der Waals surface area contributed by atoms with E-state index in [0.717, 1.165) is 36.2 Å². The Balaban J connectivity index is 1.54. The van der Waals surface area contributed by atoms with Crippen molar-refractivity contribution in [3.05, 3.63) is 75.7 Å². The number of likely N-dealkylation sites (N-methyl/N-ethyl adjacent to an activating group) is 1. The van der Waals surface area contributed by atoms with Crippen LogP contribution in [-0.4, -0.2) is 56.7 Å². The Morgan fingerprint density at radius 1 is 1.23 bits per heavy atom. The summed E-state index contributed by atoms with van der Waals surface area (Å²) in [6.45, 7) is 1.57. The largest absolute Gasteiger partial charge is 0.495 e. The maximum atomic E-state index is 12.0. The third-order valence-electron chi connectivity index (χ3n) is 5.94. The van der Waals surface area contributed by atoms with Gasteiger partial charge in [-0.05, 0) is 37.2 Å². The summed E-state index contributed by atoms with van der Waals surface area (Å²) >= 11 is 6.42. The number of nitro groups is 1. The second-order valence-corrected chi connectivity index (χ2v) is 8.58. The number of benzene rings is 1. The molecule has 5 rings (SSSR count). The highest BCUT2D eigenvalue weighted by Gasteiger charge is 2.24. The van der Waals surface area contributed by atoms with Gasteiger partial charge in [-0.25, -0.2) is 14.5 Å². The van der Waals surface area contributed by atoms with Crippen LogP contribution in [0.4, 0.5) is 17.3 Å². The van der Waals surface area contributed by atoms with E-state index in [0.29, 0.717) is 27.7 Å². The van der Waals surface area contributed by atoms with Gasteiger partial charge in [-0.2, -0.15) is 5.10 Å². The van der Waals surface area contributed by atoms with Crippen molar-refractivity contribution >= 4 is 40.0 Å². The summed E-state index contributed by atoms with van der Waals surface area (Å²) < 4.78 is 7.30. The van der Waals surface area contributed by atoms with E-state index >= 15 is 0 Å². The van der Waals surface area contributed by atoms with E-state index in [2.05, 4.69) is 25.3 Å². The fourth-order valence-electron chi connectivity index (χ4n) is 4.11. The maximum absolute atomic E-state index is 12.0. The van der Waals surface area contributed by atoms with Crippen molar-refractivity contribution in [2.24, 2.45) is 0 Å². The van der Waals surface area contributed by atoms with Crippen molar-refractivity contribution in [3.63, 3.8) is 0 Å². The molecule has 0 fully saturated rings. The van der Waals surface area contributed by atoms with E-state index in [-0.39, 0.29) is 16.6 Å². The lowest BCUT2D eigenvalue weighted by molar-refractivity contribution is -0.385. The lowest BCUT2D eigenvalue weighted by Crippen LogP contribution is -2.23. The first-order valence-corrected chi connectivity index (χ1v) is 11.3. The summed E-state index contributed by atoms with van der Waals surface area (Å²) in [6.07, 6.45) is 7.73. The zero-order valence-electron chi connectivity index (χ0n) is 19.1. The molecule has 1 N–H and O–H groups in total. The van der Waals surface area contributed by atoms with Crippen molar-refractivity contribution in [1.29, 1.82) is 0 Å². The molecule has 0 radical (unpaired) electrons. The highest BCUT2D eigenvalue weighted by molar-refractivity contribution is 6.33. The van der Waals surface area contributed by atoms with Gasteiger partial charge in [-0.1, -0.05) is 23.7 Å². The monoisotopic (exact) mass is 491 g/mol. The standard InChI is InChI=1S/C24H22ClN7O3/c1-30-9-6-15(7-10-30)16-11-22(35-2)19(12-21(16)32(33)34)28-24-26-14-18(25)23(29-24)17-13-27-31-8-4-3-5-20(17)31/h3-6,8,11-14H,7,9-10H2,1-2H3,(H,26,28,29). The predicted octanol–water partition coefficient (Wildman–Crippen LogP) is 4.82. The van der Waals surface area contributed by atoms with Gasteiger partial charge in [0.15, 0.2) is 0 Å². The highest BCUT2D eigenvalue weighted by Crippen LogP contribution is 2.39. The second kappa shape index (κ2) is 9.32. The Morgan fingerprint density at radius 2 is 2.09 bits per heavy atom. The van der Waals surface area contributed by atoms with Gasteiger partial charge in [-0.15, -0.1) is 0 Å². The number of methoxy groups -OCH3 is 1. The van der Waals surface area contributed by atoms with Gasteiger partial charge >= 0.3 is 0 Å². The number of rotatable bonds is 6. The van der Waals surface area contributed by atoms with E-state index in [1.807, 2.05) is 37.5 Å². The van der Waals surface area contributed by atoms with Crippen molar-refractivity contribution in [3.8, 4) is 17.0 Å². The van der Waals surface area contributed by atoms with Crippen molar-refractivity contribution < 1.29 is 9.66 Å². The van der Waals surface area contributed by atoms with Crippen LogP contribution in [0.15, 0.2) is 55.0 Å². The van der Waals surface area contributed by atoms with E-state index < -0.39 is 0 Å². The predicted molar refractivity (Wildman–Crippen MR) is 134 cm³/mol. The van der Waals surface area contributed by atoms with Gasteiger partial charge in [-0.3, -0.25) is 10.1 Å². The van der Waals surface area contributed by atoms with Crippen LogP contribution in [0.25, 0.3) is 22.3 Å².